The van der Waals surface area contributed by atoms with E-state index in [4.69, 9.17) is 5.11 Å². The Kier molecular flexibility index (Phi) is 10.6. The van der Waals surface area contributed by atoms with E-state index in [1.165, 1.54) is 0 Å². The molecule has 0 aliphatic heterocycles. The van der Waals surface area contributed by atoms with E-state index in [1.54, 1.807) is 0 Å². The Balaban J connectivity index is 3.43. The fourth-order valence-corrected chi connectivity index (χ4v) is 2.16. The molecule has 106 valence electrons. The Hall–Kier alpha value is -0.910. The highest BCUT2D eigenvalue weighted by Gasteiger charge is 2.06. The number of aliphatic carboxylic acids is 1. The van der Waals surface area contributed by atoms with Crippen molar-refractivity contribution >= 4 is 23.8 Å². The highest BCUT2D eigenvalue weighted by molar-refractivity contribution is 7.99. The minimum atomic E-state index is -0.790. The molecule has 0 aliphatic carbocycles. The summed E-state index contributed by atoms with van der Waals surface area (Å²) in [5.74, 6) is 1.36. The van der Waals surface area contributed by atoms with Crippen molar-refractivity contribution in [2.45, 2.75) is 45.6 Å². The normalized spacial score (nSPS) is 11.9. The van der Waals surface area contributed by atoms with E-state index in [0.29, 0.717) is 19.4 Å². The summed E-state index contributed by atoms with van der Waals surface area (Å²) >= 11 is 1.86. The molecule has 0 saturated carbocycles. The Morgan fingerprint density at radius 3 is 2.67 bits per heavy atom. The molecule has 6 heteroatoms. The number of carboxylic acid groups (broad SMARTS) is 1. The lowest BCUT2D eigenvalue weighted by molar-refractivity contribution is -0.137. The topological polar surface area (TPSA) is 78.4 Å². The average Bonchev–Trinajstić information content (AvgIpc) is 2.28. The third kappa shape index (κ3) is 11.6. The number of urea groups is 1. The first-order valence-corrected chi connectivity index (χ1v) is 7.55. The number of hydrogen-bond acceptors (Lipinski definition) is 3. The van der Waals surface area contributed by atoms with Gasteiger partial charge in [0.1, 0.15) is 0 Å². The van der Waals surface area contributed by atoms with Gasteiger partial charge in [0, 0.05) is 19.0 Å². The predicted molar refractivity (Wildman–Crippen MR) is 75.1 cm³/mol. The maximum atomic E-state index is 11.4. The Bertz CT molecular complexity index is 249. The maximum Gasteiger partial charge on any atom is 0.314 e. The summed E-state index contributed by atoms with van der Waals surface area (Å²) in [4.78, 5) is 21.7. The van der Waals surface area contributed by atoms with E-state index in [1.807, 2.05) is 18.7 Å². The monoisotopic (exact) mass is 276 g/mol. The van der Waals surface area contributed by atoms with Gasteiger partial charge in [0.15, 0.2) is 0 Å². The predicted octanol–water partition coefficient (Wildman–Crippen LogP) is 2.07. The Morgan fingerprint density at radius 1 is 1.33 bits per heavy atom. The van der Waals surface area contributed by atoms with E-state index in [0.717, 1.165) is 17.9 Å². The quantitative estimate of drug-likeness (QED) is 0.534. The molecule has 3 N–H and O–H groups in total. The molecule has 5 nitrogen and oxygen atoms in total. The standard InChI is InChI=1S/C12H24N2O3S/c1-3-18-9-7-10(2)14-12(17)13-8-5-4-6-11(15)16/h10H,3-9H2,1-2H3,(H,15,16)(H2,13,14,17). The number of carboxylic acids is 1. The number of hydrogen-bond donors (Lipinski definition) is 3. The molecule has 1 unspecified atom stereocenters. The number of amides is 2. The minimum absolute atomic E-state index is 0.161. The molecule has 18 heavy (non-hydrogen) atoms. The molecule has 0 bridgehead atoms. The molecule has 1 atom stereocenters. The lowest BCUT2D eigenvalue weighted by Crippen LogP contribution is -2.41. The van der Waals surface area contributed by atoms with Gasteiger partial charge in [0.25, 0.3) is 0 Å². The van der Waals surface area contributed by atoms with Gasteiger partial charge < -0.3 is 15.7 Å². The number of nitrogens with one attached hydrogen (secondary N) is 2. The van der Waals surface area contributed by atoms with Crippen LogP contribution in [0.25, 0.3) is 0 Å². The van der Waals surface area contributed by atoms with E-state index >= 15 is 0 Å². The summed E-state index contributed by atoms with van der Waals surface area (Å²) in [7, 11) is 0. The lowest BCUT2D eigenvalue weighted by Gasteiger charge is -2.14. The van der Waals surface area contributed by atoms with Crippen LogP contribution in [0.1, 0.15) is 39.5 Å². The second kappa shape index (κ2) is 11.2. The first-order chi connectivity index (χ1) is 8.56. The van der Waals surface area contributed by atoms with Gasteiger partial charge in [0.05, 0.1) is 0 Å². The van der Waals surface area contributed by atoms with E-state index < -0.39 is 5.97 Å². The van der Waals surface area contributed by atoms with Crippen LogP contribution in [-0.2, 0) is 4.79 Å². The van der Waals surface area contributed by atoms with E-state index in [-0.39, 0.29) is 18.5 Å². The Labute approximate surface area is 113 Å². The van der Waals surface area contributed by atoms with Crippen LogP contribution in [0.15, 0.2) is 0 Å². The molecular formula is C12H24N2O3S. The van der Waals surface area contributed by atoms with Gasteiger partial charge in [-0.15, -0.1) is 0 Å². The zero-order valence-electron chi connectivity index (χ0n) is 11.2. The molecule has 0 saturated heterocycles. The third-order valence-electron chi connectivity index (χ3n) is 2.38. The zero-order valence-corrected chi connectivity index (χ0v) is 12.0. The van der Waals surface area contributed by atoms with Gasteiger partial charge in [0.2, 0.25) is 0 Å². The fraction of sp³-hybridized carbons (Fsp3) is 0.833. The zero-order chi connectivity index (χ0) is 13.8. The van der Waals surface area contributed by atoms with E-state index in [9.17, 15) is 9.59 Å². The summed E-state index contributed by atoms with van der Waals surface area (Å²) in [6, 6.07) is 0.00222. The molecule has 0 aromatic heterocycles. The summed E-state index contributed by atoms with van der Waals surface area (Å²) in [5.41, 5.74) is 0. The van der Waals surface area contributed by atoms with Crippen molar-refractivity contribution in [3.63, 3.8) is 0 Å². The molecule has 0 aliphatic rings. The van der Waals surface area contributed by atoms with Crippen molar-refractivity contribution in [1.29, 1.82) is 0 Å². The van der Waals surface area contributed by atoms with Gasteiger partial charge in [-0.1, -0.05) is 6.92 Å². The lowest BCUT2D eigenvalue weighted by atomic mass is 10.2. The summed E-state index contributed by atoms with van der Waals surface area (Å²) in [6.45, 7) is 4.63. The minimum Gasteiger partial charge on any atom is -0.481 e. The van der Waals surface area contributed by atoms with Crippen LogP contribution in [0.2, 0.25) is 0 Å². The molecule has 0 spiro atoms. The number of unbranched alkanes of at least 4 members (excludes halogenated alkanes) is 1. The first-order valence-electron chi connectivity index (χ1n) is 6.40. The molecule has 2 amide bonds. The second-order valence-corrected chi connectivity index (χ2v) is 5.53. The number of carbonyl (C=O) groups excluding carboxylic acids is 1. The smallest absolute Gasteiger partial charge is 0.314 e. The molecule has 0 rings (SSSR count). The van der Waals surface area contributed by atoms with Crippen LogP contribution < -0.4 is 10.6 Å². The molecule has 0 radical (unpaired) electrons. The van der Waals surface area contributed by atoms with Crippen LogP contribution in [0.3, 0.4) is 0 Å². The first kappa shape index (κ1) is 17.1. The van der Waals surface area contributed by atoms with Crippen LogP contribution in [0.5, 0.6) is 0 Å². The number of carbonyl (C=O) groups is 2. The SMILES string of the molecule is CCSCCC(C)NC(=O)NCCCCC(=O)O. The summed E-state index contributed by atoms with van der Waals surface area (Å²) in [5, 5.41) is 14.0. The average molecular weight is 276 g/mol. The molecule has 0 fully saturated rings. The van der Waals surface area contributed by atoms with Crippen LogP contribution in [-0.4, -0.2) is 41.2 Å². The van der Waals surface area contributed by atoms with Crippen molar-refractivity contribution in [2.24, 2.45) is 0 Å². The van der Waals surface area contributed by atoms with Crippen LogP contribution >= 0.6 is 11.8 Å². The largest absolute Gasteiger partial charge is 0.481 e. The second-order valence-electron chi connectivity index (χ2n) is 4.14. The number of thioether (sulfide) groups is 1. The molecule has 0 heterocycles. The van der Waals surface area contributed by atoms with Crippen LogP contribution in [0, 0.1) is 0 Å². The van der Waals surface area contributed by atoms with Crippen molar-refractivity contribution in [2.75, 3.05) is 18.1 Å². The highest BCUT2D eigenvalue weighted by atomic mass is 32.2. The molecular weight excluding hydrogens is 252 g/mol. The van der Waals surface area contributed by atoms with Crippen molar-refractivity contribution < 1.29 is 14.7 Å². The summed E-state index contributed by atoms with van der Waals surface area (Å²) in [6.07, 6.45) is 2.41. The highest BCUT2D eigenvalue weighted by Crippen LogP contribution is 2.03. The van der Waals surface area contributed by atoms with Crippen molar-refractivity contribution in [1.82, 2.24) is 10.6 Å². The Morgan fingerprint density at radius 2 is 2.06 bits per heavy atom. The fourth-order valence-electron chi connectivity index (χ4n) is 1.35. The molecule has 0 aromatic carbocycles. The van der Waals surface area contributed by atoms with Gasteiger partial charge in [-0.3, -0.25) is 4.79 Å². The summed E-state index contributed by atoms with van der Waals surface area (Å²) < 4.78 is 0. The van der Waals surface area contributed by atoms with Gasteiger partial charge in [-0.05, 0) is 37.7 Å². The van der Waals surface area contributed by atoms with Gasteiger partial charge in [-0.25, -0.2) is 4.79 Å². The van der Waals surface area contributed by atoms with Gasteiger partial charge in [-0.2, -0.15) is 11.8 Å². The molecule has 0 aromatic rings. The maximum absolute atomic E-state index is 11.4. The van der Waals surface area contributed by atoms with Crippen LogP contribution in [0.4, 0.5) is 4.79 Å². The van der Waals surface area contributed by atoms with E-state index in [2.05, 4.69) is 17.6 Å². The third-order valence-corrected chi connectivity index (χ3v) is 3.31. The number of rotatable bonds is 10. The van der Waals surface area contributed by atoms with Crippen molar-refractivity contribution in [3.05, 3.63) is 0 Å². The van der Waals surface area contributed by atoms with Crippen molar-refractivity contribution in [3.8, 4) is 0 Å². The van der Waals surface area contributed by atoms with Gasteiger partial charge >= 0.3 is 12.0 Å².